The molecule has 0 saturated carbocycles. The van der Waals surface area contributed by atoms with Gasteiger partial charge >= 0.3 is 6.61 Å². The van der Waals surface area contributed by atoms with Crippen LogP contribution in [0.1, 0.15) is 24.0 Å². The van der Waals surface area contributed by atoms with Crippen LogP contribution in [0.2, 0.25) is 0 Å². The molecule has 3 aromatic rings. The molecule has 2 aromatic carbocycles. The number of aromatic amines is 1. The monoisotopic (exact) mass is 386 g/mol. The Labute approximate surface area is 163 Å². The van der Waals surface area contributed by atoms with Gasteiger partial charge < -0.3 is 14.5 Å². The molecule has 1 N–H and O–H groups in total. The summed E-state index contributed by atoms with van der Waals surface area (Å²) in [4.78, 5) is 5.82. The number of nitrogens with one attached hydrogen (secondary N) is 1. The summed E-state index contributed by atoms with van der Waals surface area (Å²) >= 11 is 0. The zero-order valence-electron chi connectivity index (χ0n) is 15.8. The van der Waals surface area contributed by atoms with E-state index in [1.165, 1.54) is 17.4 Å². The van der Waals surface area contributed by atoms with Gasteiger partial charge in [-0.1, -0.05) is 12.1 Å². The number of halogens is 2. The van der Waals surface area contributed by atoms with Crippen LogP contribution in [0.3, 0.4) is 0 Å². The quantitative estimate of drug-likeness (QED) is 0.622. The number of nitrogens with zero attached hydrogens (tertiary/aromatic N) is 1. The van der Waals surface area contributed by atoms with E-state index in [2.05, 4.69) is 26.9 Å². The van der Waals surface area contributed by atoms with E-state index in [4.69, 9.17) is 4.74 Å². The van der Waals surface area contributed by atoms with Gasteiger partial charge in [-0.3, -0.25) is 4.90 Å². The van der Waals surface area contributed by atoms with E-state index >= 15 is 0 Å². The van der Waals surface area contributed by atoms with Crippen molar-refractivity contribution in [1.82, 2.24) is 9.88 Å². The van der Waals surface area contributed by atoms with Gasteiger partial charge in [-0.05, 0) is 67.3 Å². The van der Waals surface area contributed by atoms with Crippen LogP contribution in [0.25, 0.3) is 10.9 Å². The molecule has 0 bridgehead atoms. The molecular weight excluding hydrogens is 362 g/mol. The molecule has 0 spiro atoms. The van der Waals surface area contributed by atoms with Crippen molar-refractivity contribution >= 4 is 10.9 Å². The molecule has 4 nitrogen and oxygen atoms in total. The molecule has 1 aliphatic rings. The first-order valence-electron chi connectivity index (χ1n) is 9.54. The zero-order chi connectivity index (χ0) is 19.5. The number of hydrogen-bond acceptors (Lipinski definition) is 3. The van der Waals surface area contributed by atoms with Crippen molar-refractivity contribution in [2.75, 3.05) is 13.7 Å². The van der Waals surface area contributed by atoms with Crippen LogP contribution in [0.15, 0.2) is 48.7 Å². The number of likely N-dealkylation sites (tertiary alicyclic amines) is 1. The van der Waals surface area contributed by atoms with E-state index in [9.17, 15) is 8.78 Å². The Hall–Kier alpha value is -2.60. The Bertz CT molecular complexity index is 924. The second kappa shape index (κ2) is 8.19. The van der Waals surface area contributed by atoms with Gasteiger partial charge in [0, 0.05) is 29.7 Å². The maximum absolute atomic E-state index is 12.3. The smallest absolute Gasteiger partial charge is 0.387 e. The predicted molar refractivity (Wildman–Crippen MR) is 105 cm³/mol. The molecular formula is C22H24F2N2O2. The van der Waals surface area contributed by atoms with Crippen molar-refractivity contribution in [3.8, 4) is 11.5 Å². The minimum atomic E-state index is -2.79. The number of methoxy groups -OCH3 is 1. The van der Waals surface area contributed by atoms with Crippen LogP contribution in [-0.4, -0.2) is 36.2 Å². The van der Waals surface area contributed by atoms with Crippen molar-refractivity contribution < 1.29 is 18.3 Å². The summed E-state index contributed by atoms with van der Waals surface area (Å²) < 4.78 is 34.4. The topological polar surface area (TPSA) is 37.5 Å². The Morgan fingerprint density at radius 2 is 1.93 bits per heavy atom. The standard InChI is InChI=1S/C22H24F2N2O2/c1-27-19-8-9-21-20(12-19)16(13-25-21)11-17-3-2-10-26(17)14-15-4-6-18(7-5-15)28-22(23)24/h4-9,12-13,17,22,25H,2-3,10-11,14H2,1H3/t17-/m1/s1. The van der Waals surface area contributed by atoms with Crippen LogP contribution in [0.4, 0.5) is 8.78 Å². The number of aromatic nitrogens is 1. The number of benzene rings is 2. The molecule has 1 saturated heterocycles. The summed E-state index contributed by atoms with van der Waals surface area (Å²) in [5.74, 6) is 1.06. The average Bonchev–Trinajstić information content (AvgIpc) is 3.30. The van der Waals surface area contributed by atoms with Crippen molar-refractivity contribution in [3.63, 3.8) is 0 Å². The second-order valence-electron chi connectivity index (χ2n) is 7.22. The third-order valence-electron chi connectivity index (χ3n) is 5.46. The van der Waals surface area contributed by atoms with Crippen molar-refractivity contribution in [2.24, 2.45) is 0 Å². The van der Waals surface area contributed by atoms with E-state index in [1.54, 1.807) is 19.2 Å². The summed E-state index contributed by atoms with van der Waals surface area (Å²) in [6, 6.07) is 13.5. The maximum atomic E-state index is 12.3. The molecule has 1 aliphatic heterocycles. The fourth-order valence-corrected chi connectivity index (χ4v) is 4.05. The molecule has 0 amide bonds. The molecule has 0 radical (unpaired) electrons. The Morgan fingerprint density at radius 1 is 1.14 bits per heavy atom. The average molecular weight is 386 g/mol. The highest BCUT2D eigenvalue weighted by atomic mass is 19.3. The largest absolute Gasteiger partial charge is 0.497 e. The fourth-order valence-electron chi connectivity index (χ4n) is 4.05. The van der Waals surface area contributed by atoms with Gasteiger partial charge in [0.1, 0.15) is 11.5 Å². The molecule has 4 rings (SSSR count). The number of fused-ring (bicyclic) bond motifs is 1. The number of rotatable bonds is 7. The third-order valence-corrected chi connectivity index (χ3v) is 5.46. The first-order valence-corrected chi connectivity index (χ1v) is 9.54. The Kier molecular flexibility index (Phi) is 5.48. The van der Waals surface area contributed by atoms with Crippen LogP contribution in [0.5, 0.6) is 11.5 Å². The summed E-state index contributed by atoms with van der Waals surface area (Å²) in [5.41, 5.74) is 3.52. The highest BCUT2D eigenvalue weighted by Crippen LogP contribution is 2.29. The van der Waals surface area contributed by atoms with E-state index < -0.39 is 6.61 Å². The van der Waals surface area contributed by atoms with Crippen LogP contribution < -0.4 is 9.47 Å². The highest BCUT2D eigenvalue weighted by molar-refractivity contribution is 5.84. The lowest BCUT2D eigenvalue weighted by atomic mass is 10.0. The zero-order valence-corrected chi connectivity index (χ0v) is 15.8. The van der Waals surface area contributed by atoms with Gasteiger partial charge in [-0.25, -0.2) is 0 Å². The second-order valence-corrected chi connectivity index (χ2v) is 7.22. The molecule has 2 heterocycles. The van der Waals surface area contributed by atoms with Crippen LogP contribution in [0, 0.1) is 0 Å². The molecule has 0 unspecified atom stereocenters. The Morgan fingerprint density at radius 3 is 2.68 bits per heavy atom. The summed E-state index contributed by atoms with van der Waals surface area (Å²) in [5, 5.41) is 1.21. The molecule has 148 valence electrons. The summed E-state index contributed by atoms with van der Waals surface area (Å²) in [7, 11) is 1.68. The number of hydrogen-bond donors (Lipinski definition) is 1. The van der Waals surface area contributed by atoms with E-state index in [0.29, 0.717) is 6.04 Å². The lowest BCUT2D eigenvalue weighted by molar-refractivity contribution is -0.0498. The number of ether oxygens (including phenoxy) is 2. The SMILES string of the molecule is COc1ccc2[nH]cc(C[C@H]3CCCN3Cc3ccc(OC(F)F)cc3)c2c1. The molecule has 1 fully saturated rings. The highest BCUT2D eigenvalue weighted by Gasteiger charge is 2.25. The third kappa shape index (κ3) is 4.12. The van der Waals surface area contributed by atoms with Crippen molar-refractivity contribution in [1.29, 1.82) is 0 Å². The minimum absolute atomic E-state index is 0.199. The first-order chi connectivity index (χ1) is 13.6. The number of H-pyrrole nitrogens is 1. The summed E-state index contributed by atoms with van der Waals surface area (Å²) in [6.45, 7) is -0.930. The van der Waals surface area contributed by atoms with Gasteiger partial charge in [0.15, 0.2) is 0 Å². The van der Waals surface area contributed by atoms with E-state index in [1.807, 2.05) is 24.3 Å². The summed E-state index contributed by atoms with van der Waals surface area (Å²) in [6.07, 6.45) is 5.39. The van der Waals surface area contributed by atoms with Gasteiger partial charge in [0.2, 0.25) is 0 Å². The van der Waals surface area contributed by atoms with E-state index in [-0.39, 0.29) is 5.75 Å². The molecule has 1 aromatic heterocycles. The number of alkyl halides is 2. The van der Waals surface area contributed by atoms with Crippen molar-refractivity contribution in [2.45, 2.75) is 38.5 Å². The van der Waals surface area contributed by atoms with Gasteiger partial charge in [-0.2, -0.15) is 8.78 Å². The minimum Gasteiger partial charge on any atom is -0.497 e. The van der Waals surface area contributed by atoms with Gasteiger partial charge in [-0.15, -0.1) is 0 Å². The van der Waals surface area contributed by atoms with Gasteiger partial charge in [0.05, 0.1) is 7.11 Å². The molecule has 1 atom stereocenters. The molecule has 6 heteroatoms. The van der Waals surface area contributed by atoms with E-state index in [0.717, 1.165) is 42.8 Å². The predicted octanol–water partition coefficient (Wildman–Crippen LogP) is 4.99. The van der Waals surface area contributed by atoms with Gasteiger partial charge in [0.25, 0.3) is 0 Å². The maximum Gasteiger partial charge on any atom is 0.387 e. The van der Waals surface area contributed by atoms with Crippen molar-refractivity contribution in [3.05, 3.63) is 59.8 Å². The fraction of sp³-hybridized carbons (Fsp3) is 0.364. The van der Waals surface area contributed by atoms with Crippen LogP contribution in [-0.2, 0) is 13.0 Å². The lowest BCUT2D eigenvalue weighted by Crippen LogP contribution is -2.30. The normalized spacial score (nSPS) is 17.5. The van der Waals surface area contributed by atoms with Crippen LogP contribution >= 0.6 is 0 Å². The molecule has 0 aliphatic carbocycles. The first kappa shape index (κ1) is 18.7. The lowest BCUT2D eigenvalue weighted by Gasteiger charge is -2.24. The molecule has 28 heavy (non-hydrogen) atoms. The Balaban J connectivity index is 1.45.